The van der Waals surface area contributed by atoms with Crippen LogP contribution in [-0.4, -0.2) is 21.8 Å². The maximum atomic E-state index is 13.4. The fourth-order valence-electron chi connectivity index (χ4n) is 3.14. The second-order valence-corrected chi connectivity index (χ2v) is 9.00. The summed E-state index contributed by atoms with van der Waals surface area (Å²) in [6.07, 6.45) is 1.19. The van der Waals surface area contributed by atoms with Gasteiger partial charge in [0.2, 0.25) is 0 Å². The third-order valence-electron chi connectivity index (χ3n) is 4.82. The highest BCUT2D eigenvalue weighted by Gasteiger charge is 2.12. The molecule has 0 unspecified atom stereocenters. The monoisotopic (exact) mass is 413 g/mol. The molecule has 0 fully saturated rings. The summed E-state index contributed by atoms with van der Waals surface area (Å²) in [5.41, 5.74) is 3.67. The molecule has 0 amide bonds. The van der Waals surface area contributed by atoms with Gasteiger partial charge in [-0.3, -0.25) is 0 Å². The Hall–Kier alpha value is -2.70. The third-order valence-corrected chi connectivity index (χ3v) is 5.95. The van der Waals surface area contributed by atoms with Crippen molar-refractivity contribution in [3.63, 3.8) is 0 Å². The first-order chi connectivity index (χ1) is 13.8. The zero-order valence-corrected chi connectivity index (χ0v) is 17.5. The largest absolute Gasteiger partial charge is 0.496 e. The topological polar surface area (TPSA) is 55.4 Å². The number of sulfone groups is 1. The molecule has 3 aromatic rings. The van der Waals surface area contributed by atoms with E-state index in [9.17, 15) is 12.8 Å². The molecule has 0 aliphatic rings. The van der Waals surface area contributed by atoms with Crippen molar-refractivity contribution >= 4 is 9.84 Å². The van der Waals surface area contributed by atoms with Crippen LogP contribution in [0.1, 0.15) is 24.1 Å². The second kappa shape index (κ2) is 8.76. The van der Waals surface area contributed by atoms with Crippen LogP contribution >= 0.6 is 0 Å². The van der Waals surface area contributed by atoms with Crippen LogP contribution in [0.25, 0.3) is 11.1 Å². The molecule has 6 heteroatoms. The van der Waals surface area contributed by atoms with Gasteiger partial charge in [-0.15, -0.1) is 0 Å². The van der Waals surface area contributed by atoms with Crippen LogP contribution in [0.5, 0.6) is 5.75 Å². The van der Waals surface area contributed by atoms with E-state index in [1.54, 1.807) is 37.4 Å². The van der Waals surface area contributed by atoms with Gasteiger partial charge >= 0.3 is 0 Å². The summed E-state index contributed by atoms with van der Waals surface area (Å²) in [4.78, 5) is 0.280. The van der Waals surface area contributed by atoms with E-state index in [0.29, 0.717) is 12.3 Å². The minimum absolute atomic E-state index is 0.00899. The van der Waals surface area contributed by atoms with Crippen molar-refractivity contribution in [1.29, 1.82) is 0 Å². The van der Waals surface area contributed by atoms with Crippen molar-refractivity contribution in [1.82, 2.24) is 5.32 Å². The molecule has 0 heterocycles. The van der Waals surface area contributed by atoms with Crippen LogP contribution in [0, 0.1) is 5.82 Å². The number of rotatable bonds is 7. The quantitative estimate of drug-likeness (QED) is 0.607. The SMILES string of the molecule is COc1ccc(CN[C@H](C)c2cccc(F)c2)cc1-c1ccc(S(C)(=O)=O)cc1. The van der Waals surface area contributed by atoms with E-state index in [1.807, 2.05) is 31.2 Å². The van der Waals surface area contributed by atoms with E-state index in [-0.39, 0.29) is 16.8 Å². The average Bonchev–Trinajstić information content (AvgIpc) is 2.71. The Morgan fingerprint density at radius 1 is 1.03 bits per heavy atom. The van der Waals surface area contributed by atoms with Crippen LogP contribution in [0.2, 0.25) is 0 Å². The van der Waals surface area contributed by atoms with Gasteiger partial charge in [0.25, 0.3) is 0 Å². The van der Waals surface area contributed by atoms with E-state index in [0.717, 1.165) is 22.3 Å². The van der Waals surface area contributed by atoms with Gasteiger partial charge < -0.3 is 10.1 Å². The fourth-order valence-corrected chi connectivity index (χ4v) is 3.77. The number of hydrogen-bond donors (Lipinski definition) is 1. The predicted molar refractivity (Wildman–Crippen MR) is 113 cm³/mol. The van der Waals surface area contributed by atoms with Crippen molar-refractivity contribution in [2.45, 2.75) is 24.4 Å². The van der Waals surface area contributed by atoms with Crippen LogP contribution in [-0.2, 0) is 16.4 Å². The summed E-state index contributed by atoms with van der Waals surface area (Å²) in [6.45, 7) is 2.58. The lowest BCUT2D eigenvalue weighted by Crippen LogP contribution is -2.18. The Balaban J connectivity index is 1.81. The van der Waals surface area contributed by atoms with Gasteiger partial charge in [-0.25, -0.2) is 12.8 Å². The molecule has 0 saturated carbocycles. The molecule has 0 aliphatic carbocycles. The molecule has 0 bridgehead atoms. The van der Waals surface area contributed by atoms with Crippen molar-refractivity contribution in [3.8, 4) is 16.9 Å². The summed E-state index contributed by atoms with van der Waals surface area (Å²) >= 11 is 0. The summed E-state index contributed by atoms with van der Waals surface area (Å²) < 4.78 is 42.3. The zero-order chi connectivity index (χ0) is 21.0. The Morgan fingerprint density at radius 3 is 2.38 bits per heavy atom. The third kappa shape index (κ3) is 5.22. The van der Waals surface area contributed by atoms with E-state index in [2.05, 4.69) is 5.32 Å². The van der Waals surface area contributed by atoms with E-state index in [4.69, 9.17) is 4.74 Å². The fraction of sp³-hybridized carbons (Fsp3) is 0.217. The Kier molecular flexibility index (Phi) is 6.35. The van der Waals surface area contributed by atoms with Crippen LogP contribution in [0.15, 0.2) is 71.6 Å². The Labute approximate surface area is 171 Å². The molecule has 3 rings (SSSR count). The molecule has 0 saturated heterocycles. The summed E-state index contributed by atoms with van der Waals surface area (Å²) in [6, 6.07) is 19.2. The van der Waals surface area contributed by atoms with Crippen molar-refractivity contribution in [2.75, 3.05) is 13.4 Å². The van der Waals surface area contributed by atoms with Gasteiger partial charge in [0.05, 0.1) is 12.0 Å². The lowest BCUT2D eigenvalue weighted by atomic mass is 10.0. The molecule has 152 valence electrons. The molecule has 1 atom stereocenters. The van der Waals surface area contributed by atoms with Gasteiger partial charge in [0.15, 0.2) is 9.84 Å². The molecule has 0 aromatic heterocycles. The normalized spacial score (nSPS) is 12.6. The lowest BCUT2D eigenvalue weighted by molar-refractivity contribution is 0.416. The molecule has 3 aromatic carbocycles. The Morgan fingerprint density at radius 2 is 1.76 bits per heavy atom. The van der Waals surface area contributed by atoms with Crippen molar-refractivity contribution in [3.05, 3.63) is 83.7 Å². The van der Waals surface area contributed by atoms with E-state index in [1.165, 1.54) is 18.4 Å². The molecular weight excluding hydrogens is 389 g/mol. The van der Waals surface area contributed by atoms with Gasteiger partial charge in [-0.05, 0) is 60.0 Å². The highest BCUT2D eigenvalue weighted by molar-refractivity contribution is 7.90. The number of methoxy groups -OCH3 is 1. The van der Waals surface area contributed by atoms with E-state index >= 15 is 0 Å². The smallest absolute Gasteiger partial charge is 0.175 e. The van der Waals surface area contributed by atoms with Gasteiger partial charge in [-0.2, -0.15) is 0 Å². The molecule has 4 nitrogen and oxygen atoms in total. The highest BCUT2D eigenvalue weighted by Crippen LogP contribution is 2.32. The molecule has 0 aliphatic heterocycles. The van der Waals surface area contributed by atoms with E-state index < -0.39 is 9.84 Å². The lowest BCUT2D eigenvalue weighted by Gasteiger charge is -2.16. The molecule has 1 N–H and O–H groups in total. The van der Waals surface area contributed by atoms with Gasteiger partial charge in [0.1, 0.15) is 11.6 Å². The molecular formula is C23H24FNO3S. The van der Waals surface area contributed by atoms with Crippen LogP contribution in [0.4, 0.5) is 4.39 Å². The first-order valence-corrected chi connectivity index (χ1v) is 11.1. The second-order valence-electron chi connectivity index (χ2n) is 6.99. The zero-order valence-electron chi connectivity index (χ0n) is 16.6. The van der Waals surface area contributed by atoms with Gasteiger partial charge in [-0.1, -0.05) is 30.3 Å². The predicted octanol–water partition coefficient (Wildman–Crippen LogP) is 4.76. The summed E-state index contributed by atoms with van der Waals surface area (Å²) in [7, 11) is -1.64. The first kappa shape index (κ1) is 21.0. The number of hydrogen-bond acceptors (Lipinski definition) is 4. The van der Waals surface area contributed by atoms with Crippen LogP contribution < -0.4 is 10.1 Å². The molecule has 0 spiro atoms. The van der Waals surface area contributed by atoms with Crippen LogP contribution in [0.3, 0.4) is 0 Å². The molecule has 29 heavy (non-hydrogen) atoms. The Bertz CT molecular complexity index is 1100. The van der Waals surface area contributed by atoms with Crippen molar-refractivity contribution in [2.24, 2.45) is 0 Å². The highest BCUT2D eigenvalue weighted by atomic mass is 32.2. The minimum atomic E-state index is -3.24. The average molecular weight is 414 g/mol. The molecule has 0 radical (unpaired) electrons. The number of halogens is 1. The number of ether oxygens (including phenoxy) is 1. The maximum Gasteiger partial charge on any atom is 0.175 e. The standard InChI is InChI=1S/C23H24FNO3S/c1-16(19-5-4-6-20(24)14-19)25-15-17-7-12-23(28-2)22(13-17)18-8-10-21(11-9-18)29(3,26)27/h4-14,16,25H,15H2,1-3H3/t16-/m1/s1. The number of nitrogens with one attached hydrogen (secondary N) is 1. The minimum Gasteiger partial charge on any atom is -0.496 e. The summed E-state index contributed by atoms with van der Waals surface area (Å²) in [5.74, 6) is 0.458. The first-order valence-electron chi connectivity index (χ1n) is 9.24. The maximum absolute atomic E-state index is 13.4. The van der Waals surface area contributed by atoms with Gasteiger partial charge in [0, 0.05) is 24.4 Å². The van der Waals surface area contributed by atoms with Crippen molar-refractivity contribution < 1.29 is 17.5 Å². The summed E-state index contributed by atoms with van der Waals surface area (Å²) in [5, 5.41) is 3.40. The number of benzene rings is 3.